The van der Waals surface area contributed by atoms with Gasteiger partial charge in [-0.2, -0.15) is 0 Å². The Morgan fingerprint density at radius 2 is 2.08 bits per heavy atom. The number of amides is 1. The van der Waals surface area contributed by atoms with Crippen molar-refractivity contribution in [2.75, 3.05) is 44.3 Å². The number of benzene rings is 1. The fraction of sp³-hybridized carbons (Fsp3) is 0.632. The molecule has 1 aromatic rings. The van der Waals surface area contributed by atoms with Crippen molar-refractivity contribution in [2.24, 2.45) is 5.92 Å². The number of likely N-dealkylation sites (tertiary alicyclic amines) is 1. The lowest BCUT2D eigenvalue weighted by Crippen LogP contribution is -2.49. The summed E-state index contributed by atoms with van der Waals surface area (Å²) in [5.41, 5.74) is 1.62. The highest BCUT2D eigenvalue weighted by Gasteiger charge is 2.26. The molecule has 138 valence electrons. The standard InChI is InChI=1S/C19H28FN3O2/c1-14-13-23(15(2)24)6-5-18(14)21-12-16-3-4-19(17(20)11-16)22-7-9-25-10-8-22/h3-4,11,14,18,21H,5-10,12-13H2,1-2H3/t14-,18-/m1/s1. The van der Waals surface area contributed by atoms with Crippen LogP contribution in [0.1, 0.15) is 25.8 Å². The molecule has 0 spiro atoms. The quantitative estimate of drug-likeness (QED) is 0.903. The molecule has 0 unspecified atom stereocenters. The Kier molecular flexibility index (Phi) is 5.91. The van der Waals surface area contributed by atoms with Crippen molar-refractivity contribution in [3.8, 4) is 0 Å². The summed E-state index contributed by atoms with van der Waals surface area (Å²) in [6, 6.07) is 5.86. The molecule has 1 aromatic carbocycles. The van der Waals surface area contributed by atoms with Gasteiger partial charge in [0.15, 0.2) is 0 Å². The molecule has 1 N–H and O–H groups in total. The summed E-state index contributed by atoms with van der Waals surface area (Å²) in [4.78, 5) is 15.4. The van der Waals surface area contributed by atoms with E-state index in [1.807, 2.05) is 21.9 Å². The maximum Gasteiger partial charge on any atom is 0.219 e. The smallest absolute Gasteiger partial charge is 0.219 e. The highest BCUT2D eigenvalue weighted by atomic mass is 19.1. The highest BCUT2D eigenvalue weighted by molar-refractivity contribution is 5.73. The van der Waals surface area contributed by atoms with Crippen LogP contribution in [0.3, 0.4) is 0 Å². The molecule has 5 nitrogen and oxygen atoms in total. The average Bonchev–Trinajstić information content (AvgIpc) is 2.61. The van der Waals surface area contributed by atoms with Crippen molar-refractivity contribution >= 4 is 11.6 Å². The Bertz CT molecular complexity index is 604. The Morgan fingerprint density at radius 1 is 1.32 bits per heavy atom. The van der Waals surface area contributed by atoms with E-state index in [4.69, 9.17) is 4.74 Å². The largest absolute Gasteiger partial charge is 0.378 e. The Labute approximate surface area is 149 Å². The molecule has 0 saturated carbocycles. The minimum absolute atomic E-state index is 0.145. The van der Waals surface area contributed by atoms with Crippen LogP contribution in [-0.2, 0) is 16.1 Å². The van der Waals surface area contributed by atoms with Crippen LogP contribution in [0, 0.1) is 11.7 Å². The third kappa shape index (κ3) is 4.50. The van der Waals surface area contributed by atoms with Crippen molar-refractivity contribution in [1.82, 2.24) is 10.2 Å². The molecular formula is C19H28FN3O2. The second-order valence-electron chi connectivity index (χ2n) is 7.10. The normalized spacial score (nSPS) is 24.4. The van der Waals surface area contributed by atoms with Gasteiger partial charge in [-0.15, -0.1) is 0 Å². The average molecular weight is 349 g/mol. The lowest BCUT2D eigenvalue weighted by Gasteiger charge is -2.37. The molecule has 2 atom stereocenters. The van der Waals surface area contributed by atoms with E-state index >= 15 is 0 Å². The summed E-state index contributed by atoms with van der Waals surface area (Å²) in [5, 5.41) is 3.54. The van der Waals surface area contributed by atoms with Gasteiger partial charge in [-0.25, -0.2) is 4.39 Å². The van der Waals surface area contributed by atoms with Gasteiger partial charge in [0, 0.05) is 45.7 Å². The van der Waals surface area contributed by atoms with E-state index in [0.29, 0.717) is 37.4 Å². The van der Waals surface area contributed by atoms with E-state index in [0.717, 1.165) is 38.2 Å². The number of nitrogens with zero attached hydrogens (tertiary/aromatic N) is 2. The molecular weight excluding hydrogens is 321 g/mol. The molecule has 0 aromatic heterocycles. The molecule has 0 radical (unpaired) electrons. The zero-order valence-corrected chi connectivity index (χ0v) is 15.1. The van der Waals surface area contributed by atoms with Gasteiger partial charge in [0.25, 0.3) is 0 Å². The van der Waals surface area contributed by atoms with Crippen LogP contribution in [-0.4, -0.2) is 56.2 Å². The molecule has 2 aliphatic heterocycles. The van der Waals surface area contributed by atoms with Crippen molar-refractivity contribution in [2.45, 2.75) is 32.9 Å². The number of ether oxygens (including phenoxy) is 1. The zero-order valence-electron chi connectivity index (χ0n) is 15.1. The first-order valence-electron chi connectivity index (χ1n) is 9.14. The maximum atomic E-state index is 14.5. The summed E-state index contributed by atoms with van der Waals surface area (Å²) in [5.74, 6) is 0.377. The van der Waals surface area contributed by atoms with Gasteiger partial charge < -0.3 is 19.9 Å². The van der Waals surface area contributed by atoms with Crippen LogP contribution in [0.25, 0.3) is 0 Å². The number of halogens is 1. The van der Waals surface area contributed by atoms with E-state index in [-0.39, 0.29) is 11.7 Å². The first-order chi connectivity index (χ1) is 12.0. The third-order valence-corrected chi connectivity index (χ3v) is 5.28. The van der Waals surface area contributed by atoms with Crippen molar-refractivity contribution in [3.05, 3.63) is 29.6 Å². The van der Waals surface area contributed by atoms with Gasteiger partial charge in [-0.3, -0.25) is 4.79 Å². The fourth-order valence-corrected chi connectivity index (χ4v) is 3.70. The van der Waals surface area contributed by atoms with Crippen LogP contribution in [0.15, 0.2) is 18.2 Å². The molecule has 0 bridgehead atoms. The number of hydrogen-bond donors (Lipinski definition) is 1. The summed E-state index contributed by atoms with van der Waals surface area (Å²) in [7, 11) is 0. The number of hydrogen-bond acceptors (Lipinski definition) is 4. The maximum absolute atomic E-state index is 14.5. The van der Waals surface area contributed by atoms with Gasteiger partial charge >= 0.3 is 0 Å². The molecule has 3 rings (SSSR count). The summed E-state index contributed by atoms with van der Waals surface area (Å²) in [6.45, 7) is 8.79. The molecule has 0 aliphatic carbocycles. The molecule has 2 heterocycles. The van der Waals surface area contributed by atoms with Crippen molar-refractivity contribution < 1.29 is 13.9 Å². The third-order valence-electron chi connectivity index (χ3n) is 5.28. The van der Waals surface area contributed by atoms with Gasteiger partial charge in [0.2, 0.25) is 5.91 Å². The predicted octanol–water partition coefficient (Wildman–Crippen LogP) is 2.01. The van der Waals surface area contributed by atoms with Gasteiger partial charge in [-0.1, -0.05) is 13.0 Å². The topological polar surface area (TPSA) is 44.8 Å². The first-order valence-corrected chi connectivity index (χ1v) is 9.14. The van der Waals surface area contributed by atoms with E-state index in [2.05, 4.69) is 12.2 Å². The number of carbonyl (C=O) groups is 1. The lowest BCUT2D eigenvalue weighted by atomic mass is 9.93. The minimum atomic E-state index is -0.166. The van der Waals surface area contributed by atoms with E-state index < -0.39 is 0 Å². The molecule has 1 amide bonds. The van der Waals surface area contributed by atoms with E-state index in [9.17, 15) is 9.18 Å². The van der Waals surface area contributed by atoms with Crippen molar-refractivity contribution in [3.63, 3.8) is 0 Å². The van der Waals surface area contributed by atoms with Crippen molar-refractivity contribution in [1.29, 1.82) is 0 Å². The number of anilines is 1. The summed E-state index contributed by atoms with van der Waals surface area (Å²) < 4.78 is 19.8. The van der Waals surface area contributed by atoms with Crippen LogP contribution in [0.2, 0.25) is 0 Å². The molecule has 25 heavy (non-hydrogen) atoms. The zero-order chi connectivity index (χ0) is 17.8. The molecule has 6 heteroatoms. The summed E-state index contributed by atoms with van der Waals surface area (Å²) in [6.07, 6.45) is 0.940. The second-order valence-corrected chi connectivity index (χ2v) is 7.10. The second kappa shape index (κ2) is 8.15. The predicted molar refractivity (Wildman–Crippen MR) is 96.1 cm³/mol. The van der Waals surface area contributed by atoms with Gasteiger partial charge in [0.05, 0.1) is 18.9 Å². The summed E-state index contributed by atoms with van der Waals surface area (Å²) >= 11 is 0. The number of nitrogens with one attached hydrogen (secondary N) is 1. The monoisotopic (exact) mass is 349 g/mol. The molecule has 2 fully saturated rings. The number of carbonyl (C=O) groups excluding carboxylic acids is 1. The van der Waals surface area contributed by atoms with Crippen LogP contribution in [0.4, 0.5) is 10.1 Å². The minimum Gasteiger partial charge on any atom is -0.378 e. The molecule has 2 aliphatic rings. The number of piperidine rings is 1. The van der Waals surface area contributed by atoms with Gasteiger partial charge in [0.1, 0.15) is 5.82 Å². The van der Waals surface area contributed by atoms with Crippen LogP contribution in [0.5, 0.6) is 0 Å². The fourth-order valence-electron chi connectivity index (χ4n) is 3.70. The van der Waals surface area contributed by atoms with E-state index in [1.54, 1.807) is 13.0 Å². The lowest BCUT2D eigenvalue weighted by molar-refractivity contribution is -0.130. The van der Waals surface area contributed by atoms with Crippen LogP contribution >= 0.6 is 0 Å². The van der Waals surface area contributed by atoms with E-state index in [1.165, 1.54) is 0 Å². The first kappa shape index (κ1) is 18.1. The highest BCUT2D eigenvalue weighted by Crippen LogP contribution is 2.22. The number of morpholine rings is 1. The Hall–Kier alpha value is -1.66. The molecule has 2 saturated heterocycles. The van der Waals surface area contributed by atoms with Gasteiger partial charge in [-0.05, 0) is 30.0 Å². The SMILES string of the molecule is CC(=O)N1CC[C@@H](NCc2ccc(N3CCOCC3)c(F)c2)[C@H](C)C1. The Morgan fingerprint density at radius 3 is 2.72 bits per heavy atom. The number of rotatable bonds is 4. The Balaban J connectivity index is 1.55. The van der Waals surface area contributed by atoms with Crippen LogP contribution < -0.4 is 10.2 Å².